The molecule has 0 bridgehead atoms. The van der Waals surface area contributed by atoms with Crippen LogP contribution < -0.4 is 16.6 Å². The van der Waals surface area contributed by atoms with Gasteiger partial charge in [0.25, 0.3) is 0 Å². The highest BCUT2D eigenvalue weighted by Gasteiger charge is 1.95. The van der Waals surface area contributed by atoms with Crippen LogP contribution in [0.15, 0.2) is 18.2 Å². The number of aromatic nitrogens is 1. The van der Waals surface area contributed by atoms with Crippen LogP contribution in [0.5, 0.6) is 0 Å². The Morgan fingerprint density at radius 3 is 2.81 bits per heavy atom. The minimum atomic E-state index is 0.607. The molecule has 0 spiro atoms. The molecule has 0 aromatic carbocycles. The molecule has 1 rings (SSSR count). The van der Waals surface area contributed by atoms with Crippen molar-refractivity contribution < 1.29 is 9.47 Å². The van der Waals surface area contributed by atoms with Crippen LogP contribution in [0.4, 0.5) is 11.6 Å². The van der Waals surface area contributed by atoms with Gasteiger partial charge in [0.1, 0.15) is 11.6 Å². The van der Waals surface area contributed by atoms with Crippen LogP contribution in [0.1, 0.15) is 0 Å². The summed E-state index contributed by atoms with van der Waals surface area (Å²) in [5.41, 5.74) is 2.49. The van der Waals surface area contributed by atoms with E-state index in [4.69, 9.17) is 15.3 Å². The largest absolute Gasteiger partial charge is 0.382 e. The molecule has 90 valence electrons. The Morgan fingerprint density at radius 2 is 2.06 bits per heavy atom. The Bertz CT molecular complexity index is 296. The van der Waals surface area contributed by atoms with Gasteiger partial charge in [0.15, 0.2) is 0 Å². The van der Waals surface area contributed by atoms with Crippen LogP contribution in [0.3, 0.4) is 0 Å². The number of pyridine rings is 1. The zero-order valence-electron chi connectivity index (χ0n) is 9.40. The molecule has 1 aromatic heterocycles. The first-order chi connectivity index (χ1) is 7.86. The van der Waals surface area contributed by atoms with E-state index in [-0.39, 0.29) is 0 Å². The predicted octanol–water partition coefficient (Wildman–Crippen LogP) is 0.442. The van der Waals surface area contributed by atoms with Gasteiger partial charge in [-0.15, -0.1) is 0 Å². The lowest BCUT2D eigenvalue weighted by atomic mass is 10.4. The third kappa shape index (κ3) is 4.92. The van der Waals surface area contributed by atoms with Crippen molar-refractivity contribution in [2.24, 2.45) is 5.84 Å². The maximum absolute atomic E-state index is 5.30. The number of rotatable bonds is 8. The minimum Gasteiger partial charge on any atom is -0.382 e. The number of nitrogens with zero attached hydrogens (tertiary/aromatic N) is 1. The van der Waals surface area contributed by atoms with Crippen molar-refractivity contribution in [2.75, 3.05) is 44.2 Å². The highest BCUT2D eigenvalue weighted by Crippen LogP contribution is 2.06. The first-order valence-corrected chi connectivity index (χ1v) is 5.11. The zero-order chi connectivity index (χ0) is 11.6. The highest BCUT2D eigenvalue weighted by molar-refractivity contribution is 5.44. The van der Waals surface area contributed by atoms with Gasteiger partial charge in [0.2, 0.25) is 0 Å². The predicted molar refractivity (Wildman–Crippen MR) is 63.2 cm³/mol. The smallest absolute Gasteiger partial charge is 0.142 e. The maximum atomic E-state index is 5.30. The maximum Gasteiger partial charge on any atom is 0.142 e. The molecule has 0 fully saturated rings. The van der Waals surface area contributed by atoms with E-state index in [1.807, 2.05) is 12.1 Å². The number of anilines is 2. The molecule has 0 aliphatic carbocycles. The third-order valence-electron chi connectivity index (χ3n) is 1.88. The molecular weight excluding hydrogens is 208 g/mol. The van der Waals surface area contributed by atoms with Gasteiger partial charge in [-0.3, -0.25) is 0 Å². The van der Waals surface area contributed by atoms with Gasteiger partial charge in [0, 0.05) is 13.7 Å². The van der Waals surface area contributed by atoms with E-state index < -0.39 is 0 Å². The number of nitrogens with two attached hydrogens (primary N) is 1. The van der Waals surface area contributed by atoms with Crippen LogP contribution >= 0.6 is 0 Å². The summed E-state index contributed by atoms with van der Waals surface area (Å²) >= 11 is 0. The van der Waals surface area contributed by atoms with Crippen LogP contribution in [-0.4, -0.2) is 38.5 Å². The molecule has 16 heavy (non-hydrogen) atoms. The normalized spacial score (nSPS) is 10.1. The molecular formula is C10H18N4O2. The van der Waals surface area contributed by atoms with Crippen LogP contribution in [0.25, 0.3) is 0 Å². The van der Waals surface area contributed by atoms with Crippen molar-refractivity contribution in [2.45, 2.75) is 0 Å². The number of hydrazine groups is 1. The monoisotopic (exact) mass is 226 g/mol. The van der Waals surface area contributed by atoms with Crippen molar-refractivity contribution in [1.29, 1.82) is 0 Å². The summed E-state index contributed by atoms with van der Waals surface area (Å²) in [5.74, 6) is 6.65. The third-order valence-corrected chi connectivity index (χ3v) is 1.88. The van der Waals surface area contributed by atoms with Crippen molar-refractivity contribution in [3.63, 3.8) is 0 Å². The van der Waals surface area contributed by atoms with Gasteiger partial charge in [-0.05, 0) is 12.1 Å². The van der Waals surface area contributed by atoms with E-state index >= 15 is 0 Å². The average Bonchev–Trinajstić information content (AvgIpc) is 2.34. The summed E-state index contributed by atoms with van der Waals surface area (Å²) in [6.45, 7) is 2.54. The SMILES string of the molecule is COCCOCCNc1cccc(NN)n1. The van der Waals surface area contributed by atoms with E-state index in [0.717, 1.165) is 5.82 Å². The van der Waals surface area contributed by atoms with Gasteiger partial charge in [-0.1, -0.05) is 6.07 Å². The lowest BCUT2D eigenvalue weighted by Crippen LogP contribution is -2.14. The van der Waals surface area contributed by atoms with Gasteiger partial charge < -0.3 is 20.2 Å². The Labute approximate surface area is 95.1 Å². The molecule has 6 nitrogen and oxygen atoms in total. The summed E-state index contributed by atoms with van der Waals surface area (Å²) in [5, 5.41) is 3.12. The molecule has 1 aromatic rings. The minimum absolute atomic E-state index is 0.607. The van der Waals surface area contributed by atoms with Gasteiger partial charge in [0.05, 0.1) is 19.8 Å². The lowest BCUT2D eigenvalue weighted by Gasteiger charge is -2.07. The van der Waals surface area contributed by atoms with E-state index in [2.05, 4.69) is 15.7 Å². The number of hydrogen-bond donors (Lipinski definition) is 3. The molecule has 4 N–H and O–H groups in total. The molecule has 0 saturated carbocycles. The van der Waals surface area contributed by atoms with Crippen LogP contribution in [-0.2, 0) is 9.47 Å². The molecule has 0 aliphatic heterocycles. The Kier molecular flexibility index (Phi) is 6.24. The Hall–Kier alpha value is -1.37. The number of nitrogen functional groups attached to an aromatic ring is 1. The molecule has 0 aliphatic rings. The summed E-state index contributed by atoms with van der Waals surface area (Å²) in [4.78, 5) is 4.20. The standard InChI is InChI=1S/C10H18N4O2/c1-15-7-8-16-6-5-12-9-3-2-4-10(13-9)14-11/h2-4H,5-8,11H2,1H3,(H2,12,13,14). The summed E-state index contributed by atoms with van der Waals surface area (Å²) in [6.07, 6.45) is 0. The van der Waals surface area contributed by atoms with E-state index in [9.17, 15) is 0 Å². The first kappa shape index (κ1) is 12.7. The molecule has 0 unspecified atom stereocenters. The number of hydrogen-bond acceptors (Lipinski definition) is 6. The van der Waals surface area contributed by atoms with Crippen molar-refractivity contribution in [3.05, 3.63) is 18.2 Å². The summed E-state index contributed by atoms with van der Waals surface area (Å²) < 4.78 is 10.2. The number of ether oxygens (including phenoxy) is 2. The quantitative estimate of drug-likeness (QED) is 0.339. The fraction of sp³-hybridized carbons (Fsp3) is 0.500. The molecule has 0 amide bonds. The molecule has 1 heterocycles. The molecule has 0 radical (unpaired) electrons. The van der Waals surface area contributed by atoms with Crippen molar-refractivity contribution in [3.8, 4) is 0 Å². The molecule has 0 atom stereocenters. The van der Waals surface area contributed by atoms with Gasteiger partial charge in [-0.2, -0.15) is 0 Å². The first-order valence-electron chi connectivity index (χ1n) is 5.11. The topological polar surface area (TPSA) is 81.4 Å². The number of nitrogens with one attached hydrogen (secondary N) is 2. The second-order valence-corrected chi connectivity index (χ2v) is 3.08. The second-order valence-electron chi connectivity index (χ2n) is 3.08. The molecule has 6 heteroatoms. The highest BCUT2D eigenvalue weighted by atomic mass is 16.5. The van der Waals surface area contributed by atoms with Crippen LogP contribution in [0, 0.1) is 0 Å². The fourth-order valence-electron chi connectivity index (χ4n) is 1.11. The zero-order valence-corrected chi connectivity index (χ0v) is 9.40. The summed E-state index contributed by atoms with van der Waals surface area (Å²) in [6, 6.07) is 5.53. The van der Waals surface area contributed by atoms with Gasteiger partial charge >= 0.3 is 0 Å². The van der Waals surface area contributed by atoms with E-state index in [0.29, 0.717) is 32.2 Å². The summed E-state index contributed by atoms with van der Waals surface area (Å²) in [7, 11) is 1.65. The van der Waals surface area contributed by atoms with Crippen molar-refractivity contribution in [1.82, 2.24) is 4.98 Å². The van der Waals surface area contributed by atoms with E-state index in [1.165, 1.54) is 0 Å². The second kappa shape index (κ2) is 7.86. The fourth-order valence-corrected chi connectivity index (χ4v) is 1.11. The van der Waals surface area contributed by atoms with E-state index in [1.54, 1.807) is 13.2 Å². The molecule has 0 saturated heterocycles. The lowest BCUT2D eigenvalue weighted by molar-refractivity contribution is 0.0759. The average molecular weight is 226 g/mol. The van der Waals surface area contributed by atoms with Gasteiger partial charge in [-0.25, -0.2) is 10.8 Å². The Balaban J connectivity index is 2.16. The number of methoxy groups -OCH3 is 1. The van der Waals surface area contributed by atoms with Crippen LogP contribution in [0.2, 0.25) is 0 Å². The Morgan fingerprint density at radius 1 is 1.25 bits per heavy atom. The van der Waals surface area contributed by atoms with Crippen molar-refractivity contribution >= 4 is 11.6 Å².